The number of nitrogens with zero attached hydrogens (tertiary/aromatic N) is 2. The Kier molecular flexibility index (Phi) is 13.4. The van der Waals surface area contributed by atoms with Gasteiger partial charge in [-0.05, 0) is 87.1 Å². The van der Waals surface area contributed by atoms with E-state index in [1.165, 1.54) is 76.2 Å². The van der Waals surface area contributed by atoms with Crippen molar-refractivity contribution in [3.05, 3.63) is 54.9 Å². The molecule has 0 spiro atoms. The Labute approximate surface area is 225 Å². The molecule has 0 bridgehead atoms. The van der Waals surface area contributed by atoms with Crippen LogP contribution >= 0.6 is 0 Å². The van der Waals surface area contributed by atoms with E-state index in [2.05, 4.69) is 23.5 Å². The Balaban J connectivity index is 1.35. The van der Waals surface area contributed by atoms with Crippen molar-refractivity contribution in [2.75, 3.05) is 0 Å². The Hall–Kier alpha value is -2.49. The molecule has 202 valence electrons. The fraction of sp³-hybridized carbons (Fsp3) is 0.606. The molecule has 0 aliphatic heterocycles. The zero-order chi connectivity index (χ0) is 26.1. The van der Waals surface area contributed by atoms with E-state index in [0.717, 1.165) is 50.0 Å². The minimum absolute atomic E-state index is 0.0334. The minimum Gasteiger partial charge on any atom is -0.426 e. The first-order valence-corrected chi connectivity index (χ1v) is 14.9. The molecular formula is C33H48N2O2. The molecule has 3 rings (SSSR count). The molecule has 0 saturated heterocycles. The molecule has 0 N–H and O–H groups in total. The maximum absolute atomic E-state index is 12.7. The van der Waals surface area contributed by atoms with Gasteiger partial charge in [-0.15, -0.1) is 6.58 Å². The van der Waals surface area contributed by atoms with E-state index in [1.54, 1.807) is 0 Å². The fourth-order valence-corrected chi connectivity index (χ4v) is 5.38. The summed E-state index contributed by atoms with van der Waals surface area (Å²) in [6, 6.07) is 7.60. The Morgan fingerprint density at radius 3 is 2.24 bits per heavy atom. The van der Waals surface area contributed by atoms with Crippen molar-refractivity contribution in [2.45, 2.75) is 116 Å². The molecule has 1 aliphatic rings. The van der Waals surface area contributed by atoms with Crippen LogP contribution in [0, 0.1) is 11.8 Å². The molecule has 1 aromatic heterocycles. The highest BCUT2D eigenvalue weighted by Crippen LogP contribution is 2.33. The third-order valence-electron chi connectivity index (χ3n) is 7.81. The lowest BCUT2D eigenvalue weighted by molar-refractivity contribution is -0.140. The second kappa shape index (κ2) is 17.1. The number of allylic oxidation sites excluding steroid dienone is 1. The first-order chi connectivity index (χ1) is 18.2. The summed E-state index contributed by atoms with van der Waals surface area (Å²) in [7, 11) is 0. The lowest BCUT2D eigenvalue weighted by Gasteiger charge is -2.27. The largest absolute Gasteiger partial charge is 0.426 e. The average Bonchev–Trinajstić information content (AvgIpc) is 2.94. The van der Waals surface area contributed by atoms with Crippen LogP contribution in [0.5, 0.6) is 5.75 Å². The summed E-state index contributed by atoms with van der Waals surface area (Å²) < 4.78 is 5.73. The van der Waals surface area contributed by atoms with Gasteiger partial charge in [-0.25, -0.2) is 9.97 Å². The van der Waals surface area contributed by atoms with Crippen LogP contribution < -0.4 is 4.74 Å². The zero-order valence-corrected chi connectivity index (χ0v) is 23.1. The number of hydrogen-bond donors (Lipinski definition) is 0. The van der Waals surface area contributed by atoms with Gasteiger partial charge in [0, 0.05) is 18.0 Å². The van der Waals surface area contributed by atoms with Gasteiger partial charge in [-0.2, -0.15) is 0 Å². The van der Waals surface area contributed by atoms with Crippen LogP contribution in [-0.2, 0) is 11.2 Å². The van der Waals surface area contributed by atoms with Crippen molar-refractivity contribution in [2.24, 2.45) is 11.8 Å². The molecule has 0 unspecified atom stereocenters. The standard InChI is InChI=1S/C33H48N2O2/c1-3-5-7-9-11-13-15-27-17-19-30(20-18-27)33(36)37-31-23-21-29(22-24-31)32-34-25-28(26-35-32)16-14-12-10-8-6-4-2/h3,21-27,30H,1,4-20H2,2H3/t27-,30-. The van der Waals surface area contributed by atoms with Gasteiger partial charge in [0.1, 0.15) is 5.75 Å². The number of hydrogen-bond acceptors (Lipinski definition) is 4. The normalized spacial score (nSPS) is 17.4. The van der Waals surface area contributed by atoms with Crippen LogP contribution in [0.25, 0.3) is 11.4 Å². The van der Waals surface area contributed by atoms with E-state index in [-0.39, 0.29) is 11.9 Å². The monoisotopic (exact) mass is 504 g/mol. The maximum Gasteiger partial charge on any atom is 0.314 e. The predicted octanol–water partition coefficient (Wildman–Crippen LogP) is 9.29. The van der Waals surface area contributed by atoms with E-state index < -0.39 is 0 Å². The summed E-state index contributed by atoms with van der Waals surface area (Å²) in [6.45, 7) is 6.04. The van der Waals surface area contributed by atoms with Crippen molar-refractivity contribution in [3.63, 3.8) is 0 Å². The summed E-state index contributed by atoms with van der Waals surface area (Å²) in [5.41, 5.74) is 2.14. The molecule has 1 heterocycles. The molecule has 0 radical (unpaired) electrons. The Bertz CT molecular complexity index is 899. The molecule has 0 atom stereocenters. The average molecular weight is 505 g/mol. The third kappa shape index (κ3) is 10.8. The van der Waals surface area contributed by atoms with E-state index in [0.29, 0.717) is 11.6 Å². The molecule has 1 aliphatic carbocycles. The summed E-state index contributed by atoms with van der Waals surface area (Å²) >= 11 is 0. The summed E-state index contributed by atoms with van der Waals surface area (Å²) in [5, 5.41) is 0. The molecule has 37 heavy (non-hydrogen) atoms. The second-order valence-electron chi connectivity index (χ2n) is 10.9. The number of ether oxygens (including phenoxy) is 1. The third-order valence-corrected chi connectivity index (χ3v) is 7.81. The number of benzene rings is 1. The predicted molar refractivity (Wildman–Crippen MR) is 154 cm³/mol. The van der Waals surface area contributed by atoms with Crippen LogP contribution in [0.15, 0.2) is 49.3 Å². The quantitative estimate of drug-likeness (QED) is 0.0932. The van der Waals surface area contributed by atoms with Crippen molar-refractivity contribution in [3.8, 4) is 17.1 Å². The number of esters is 1. The SMILES string of the molecule is C=CCCCCCC[C@H]1CC[C@H](C(=O)Oc2ccc(-c3ncc(CCCCCCCC)cn3)cc2)CC1. The van der Waals surface area contributed by atoms with Gasteiger partial charge in [0.2, 0.25) is 0 Å². The molecular weight excluding hydrogens is 456 g/mol. The van der Waals surface area contributed by atoms with Crippen molar-refractivity contribution >= 4 is 5.97 Å². The first kappa shape index (κ1) is 29.1. The summed E-state index contributed by atoms with van der Waals surface area (Å²) in [4.78, 5) is 21.9. The number of aromatic nitrogens is 2. The molecule has 4 nitrogen and oxygen atoms in total. The first-order valence-electron chi connectivity index (χ1n) is 14.9. The van der Waals surface area contributed by atoms with E-state index in [9.17, 15) is 4.79 Å². The summed E-state index contributed by atoms with van der Waals surface area (Å²) in [5.74, 6) is 2.05. The lowest BCUT2D eigenvalue weighted by atomic mass is 9.80. The Morgan fingerprint density at radius 1 is 0.892 bits per heavy atom. The van der Waals surface area contributed by atoms with Gasteiger partial charge in [-0.1, -0.05) is 70.8 Å². The second-order valence-corrected chi connectivity index (χ2v) is 10.9. The maximum atomic E-state index is 12.7. The molecule has 2 aromatic rings. The van der Waals surface area contributed by atoms with Gasteiger partial charge >= 0.3 is 5.97 Å². The summed E-state index contributed by atoms with van der Waals surface area (Å²) in [6.07, 6.45) is 26.6. The Morgan fingerprint density at radius 2 is 1.54 bits per heavy atom. The molecule has 1 saturated carbocycles. The van der Waals surface area contributed by atoms with Crippen LogP contribution in [0.1, 0.15) is 115 Å². The topological polar surface area (TPSA) is 52.1 Å². The highest BCUT2D eigenvalue weighted by molar-refractivity contribution is 5.75. The smallest absolute Gasteiger partial charge is 0.314 e. The van der Waals surface area contributed by atoms with E-state index >= 15 is 0 Å². The fourth-order valence-electron chi connectivity index (χ4n) is 5.38. The van der Waals surface area contributed by atoms with E-state index in [1.807, 2.05) is 42.7 Å². The number of unbranched alkanes of at least 4 members (excludes halogenated alkanes) is 9. The van der Waals surface area contributed by atoms with Crippen LogP contribution in [0.2, 0.25) is 0 Å². The zero-order valence-electron chi connectivity index (χ0n) is 23.1. The number of carbonyl (C=O) groups is 1. The van der Waals surface area contributed by atoms with Crippen LogP contribution in [0.4, 0.5) is 0 Å². The number of aryl methyl sites for hydroxylation is 1. The van der Waals surface area contributed by atoms with Crippen molar-refractivity contribution in [1.29, 1.82) is 0 Å². The van der Waals surface area contributed by atoms with Crippen molar-refractivity contribution in [1.82, 2.24) is 9.97 Å². The van der Waals surface area contributed by atoms with Crippen LogP contribution in [0.3, 0.4) is 0 Å². The lowest BCUT2D eigenvalue weighted by Crippen LogP contribution is -2.25. The van der Waals surface area contributed by atoms with Gasteiger partial charge in [0.25, 0.3) is 0 Å². The highest BCUT2D eigenvalue weighted by Gasteiger charge is 2.27. The number of rotatable bonds is 17. The minimum atomic E-state index is -0.0778. The number of carbonyl (C=O) groups excluding carboxylic acids is 1. The molecule has 1 fully saturated rings. The highest BCUT2D eigenvalue weighted by atomic mass is 16.5. The van der Waals surface area contributed by atoms with Gasteiger partial charge in [-0.3, -0.25) is 4.79 Å². The molecule has 0 amide bonds. The van der Waals surface area contributed by atoms with Gasteiger partial charge in [0.15, 0.2) is 5.82 Å². The van der Waals surface area contributed by atoms with Gasteiger partial charge in [0.05, 0.1) is 5.92 Å². The van der Waals surface area contributed by atoms with Crippen LogP contribution in [-0.4, -0.2) is 15.9 Å². The van der Waals surface area contributed by atoms with Gasteiger partial charge < -0.3 is 4.74 Å². The van der Waals surface area contributed by atoms with E-state index in [4.69, 9.17) is 4.74 Å². The molecule has 1 aromatic carbocycles. The van der Waals surface area contributed by atoms with Crippen molar-refractivity contribution < 1.29 is 9.53 Å². The molecule has 4 heteroatoms.